The fraction of sp³-hybridized carbons (Fsp3) is 0.0312. The molecule has 0 radical (unpaired) electrons. The van der Waals surface area contributed by atoms with Crippen molar-refractivity contribution in [1.29, 1.82) is 0 Å². The van der Waals surface area contributed by atoms with Gasteiger partial charge in [-0.05, 0) is 48.5 Å². The first-order chi connectivity index (χ1) is 18.4. The molecule has 8 aromatic rings. The first kappa shape index (κ1) is 17.4. The topological polar surface area (TPSA) is 34.3 Å². The normalized spacial score (nSPS) is 18.1. The van der Waals surface area contributed by atoms with Crippen molar-refractivity contribution in [2.24, 2.45) is 0 Å². The van der Waals surface area contributed by atoms with E-state index in [0.717, 1.165) is 11.5 Å². The minimum absolute atomic E-state index is 0.593. The third-order valence-electron chi connectivity index (χ3n) is 9.02. The lowest BCUT2D eigenvalue weighted by Gasteiger charge is -2.33. The lowest BCUT2D eigenvalue weighted by atomic mass is 9.84. The highest BCUT2D eigenvalue weighted by atomic mass is 16.5. The molecule has 0 bridgehead atoms. The second-order valence-corrected chi connectivity index (χ2v) is 10.4. The number of fused-ring (bicyclic) bond motifs is 4. The van der Waals surface area contributed by atoms with Gasteiger partial charge in [-0.25, -0.2) is 0 Å². The molecule has 5 heteroatoms. The van der Waals surface area contributed by atoms with Crippen molar-refractivity contribution < 1.29 is 13.9 Å². The van der Waals surface area contributed by atoms with Crippen molar-refractivity contribution >= 4 is 49.0 Å². The highest BCUT2D eigenvalue weighted by Gasteiger charge is 2.67. The van der Waals surface area contributed by atoms with E-state index in [4.69, 9.17) is 4.74 Å². The van der Waals surface area contributed by atoms with E-state index < -0.39 is 5.66 Å². The standard InChI is InChI=1S/C32H16N4O/c1-2-13-34-23(7-1)21-5-3-8-24-27(21)32(34)28-25(37-24)12-11-19-18-10-9-17-15-33-16-22-20-6-4-14-35(32)31(20)36(30(19)28)29(18)26(17)22/h1-16H/q+2. The summed E-state index contributed by atoms with van der Waals surface area (Å²) in [5, 5.41) is 7.37. The molecule has 3 aliphatic heterocycles. The average molecular weight is 473 g/mol. The van der Waals surface area contributed by atoms with E-state index in [1.807, 2.05) is 12.4 Å². The SMILES string of the molecule is c1cc2c3c(c1)-c1cccc[n+]1C31c3c(ccc4c5ccc6cncc7c8ccc[n+]1c8n(c34)c5c67)O2. The van der Waals surface area contributed by atoms with Crippen molar-refractivity contribution in [2.75, 3.05) is 0 Å². The van der Waals surface area contributed by atoms with Crippen LogP contribution in [0.1, 0.15) is 11.1 Å². The Labute approximate surface area is 209 Å². The number of hydrogen-bond donors (Lipinski definition) is 0. The second kappa shape index (κ2) is 5.22. The number of nitrogens with zero attached hydrogens (tertiary/aromatic N) is 4. The summed E-state index contributed by atoms with van der Waals surface area (Å²) in [5.41, 5.74) is 7.92. The van der Waals surface area contributed by atoms with Crippen LogP contribution in [0, 0.1) is 0 Å². The molecule has 0 aliphatic carbocycles. The fourth-order valence-corrected chi connectivity index (χ4v) is 7.85. The fourth-order valence-electron chi connectivity index (χ4n) is 7.85. The highest BCUT2D eigenvalue weighted by molar-refractivity contribution is 6.28. The van der Waals surface area contributed by atoms with E-state index >= 15 is 0 Å². The predicted octanol–water partition coefficient (Wildman–Crippen LogP) is 5.66. The molecule has 168 valence electrons. The zero-order chi connectivity index (χ0) is 23.6. The Bertz CT molecular complexity index is 2400. The molecule has 0 fully saturated rings. The third kappa shape index (κ3) is 1.54. The van der Waals surface area contributed by atoms with Gasteiger partial charge in [0.05, 0.1) is 17.1 Å². The minimum Gasteiger partial charge on any atom is -0.456 e. The van der Waals surface area contributed by atoms with Crippen LogP contribution in [0.2, 0.25) is 0 Å². The number of hydrogen-bond acceptors (Lipinski definition) is 2. The summed E-state index contributed by atoms with van der Waals surface area (Å²) < 4.78 is 14.2. The molecule has 5 nitrogen and oxygen atoms in total. The van der Waals surface area contributed by atoms with Crippen molar-refractivity contribution in [1.82, 2.24) is 9.38 Å². The van der Waals surface area contributed by atoms with Crippen molar-refractivity contribution in [3.05, 3.63) is 109 Å². The molecule has 0 amide bonds. The summed E-state index contributed by atoms with van der Waals surface area (Å²) >= 11 is 0. The van der Waals surface area contributed by atoms with E-state index in [1.54, 1.807) is 0 Å². The molecule has 0 saturated carbocycles. The average Bonchev–Trinajstić information content (AvgIpc) is 3.45. The Morgan fingerprint density at radius 1 is 0.676 bits per heavy atom. The maximum atomic E-state index is 6.72. The van der Waals surface area contributed by atoms with E-state index in [2.05, 4.69) is 104 Å². The molecular formula is C32H16N4O+2. The van der Waals surface area contributed by atoms with E-state index in [1.165, 1.54) is 71.4 Å². The van der Waals surface area contributed by atoms with Gasteiger partial charge < -0.3 is 4.74 Å². The Morgan fingerprint density at radius 2 is 1.57 bits per heavy atom. The van der Waals surface area contributed by atoms with E-state index in [-0.39, 0.29) is 0 Å². The molecule has 37 heavy (non-hydrogen) atoms. The summed E-state index contributed by atoms with van der Waals surface area (Å²) in [6, 6.07) is 26.3. The molecule has 5 aromatic heterocycles. The van der Waals surface area contributed by atoms with Crippen LogP contribution in [0.3, 0.4) is 0 Å². The maximum Gasteiger partial charge on any atom is 0.374 e. The number of rotatable bonds is 0. The summed E-state index contributed by atoms with van der Waals surface area (Å²) in [6.45, 7) is 0. The minimum atomic E-state index is -0.593. The van der Waals surface area contributed by atoms with Crippen LogP contribution in [-0.2, 0) is 5.66 Å². The number of aromatic nitrogens is 4. The molecule has 8 heterocycles. The molecule has 3 aromatic carbocycles. The quantitative estimate of drug-likeness (QED) is 0.162. The Kier molecular flexibility index (Phi) is 2.46. The summed E-state index contributed by atoms with van der Waals surface area (Å²) in [5.74, 6) is 1.84. The van der Waals surface area contributed by atoms with Gasteiger partial charge in [-0.1, -0.05) is 12.1 Å². The first-order valence-electron chi connectivity index (χ1n) is 12.6. The predicted molar refractivity (Wildman–Crippen MR) is 140 cm³/mol. The lowest BCUT2D eigenvalue weighted by Crippen LogP contribution is -2.74. The summed E-state index contributed by atoms with van der Waals surface area (Å²) in [6.07, 6.45) is 8.50. The molecule has 1 spiro atoms. The van der Waals surface area contributed by atoms with Gasteiger partial charge >= 0.3 is 11.3 Å². The van der Waals surface area contributed by atoms with Gasteiger partial charge in [0.15, 0.2) is 17.3 Å². The van der Waals surface area contributed by atoms with E-state index in [0.29, 0.717) is 0 Å². The van der Waals surface area contributed by atoms with Crippen LogP contribution in [-0.4, -0.2) is 9.38 Å². The van der Waals surface area contributed by atoms with Crippen LogP contribution in [0.15, 0.2) is 97.6 Å². The first-order valence-corrected chi connectivity index (χ1v) is 12.6. The van der Waals surface area contributed by atoms with Gasteiger partial charge in [0.25, 0.3) is 0 Å². The molecule has 1 atom stereocenters. The van der Waals surface area contributed by atoms with E-state index in [9.17, 15) is 0 Å². The van der Waals surface area contributed by atoms with Crippen molar-refractivity contribution in [3.63, 3.8) is 0 Å². The Balaban J connectivity index is 1.57. The van der Waals surface area contributed by atoms with Gasteiger partial charge in [-0.15, -0.1) is 4.57 Å². The van der Waals surface area contributed by atoms with Crippen LogP contribution in [0.4, 0.5) is 0 Å². The largest absolute Gasteiger partial charge is 0.456 e. The summed E-state index contributed by atoms with van der Waals surface area (Å²) in [4.78, 5) is 4.66. The molecule has 0 N–H and O–H groups in total. The van der Waals surface area contributed by atoms with Gasteiger partial charge in [0.2, 0.25) is 5.69 Å². The third-order valence-corrected chi connectivity index (χ3v) is 9.02. The smallest absolute Gasteiger partial charge is 0.374 e. The summed E-state index contributed by atoms with van der Waals surface area (Å²) in [7, 11) is 0. The van der Waals surface area contributed by atoms with Crippen LogP contribution >= 0.6 is 0 Å². The van der Waals surface area contributed by atoms with Crippen molar-refractivity contribution in [2.45, 2.75) is 5.66 Å². The van der Waals surface area contributed by atoms with Crippen LogP contribution in [0.25, 0.3) is 60.3 Å². The number of pyridine rings is 4. The van der Waals surface area contributed by atoms with Crippen LogP contribution in [0.5, 0.6) is 11.5 Å². The Hall–Kier alpha value is -5.03. The van der Waals surface area contributed by atoms with Crippen LogP contribution < -0.4 is 13.9 Å². The molecule has 11 rings (SSSR count). The van der Waals surface area contributed by atoms with Gasteiger partial charge in [0, 0.05) is 51.5 Å². The van der Waals surface area contributed by atoms with Gasteiger partial charge in [-0.2, -0.15) is 8.97 Å². The lowest BCUT2D eigenvalue weighted by molar-refractivity contribution is -0.954. The molecular weight excluding hydrogens is 456 g/mol. The number of benzene rings is 3. The molecule has 0 saturated heterocycles. The molecule has 1 unspecified atom stereocenters. The number of ether oxygens (including phenoxy) is 1. The maximum absolute atomic E-state index is 6.72. The van der Waals surface area contributed by atoms with Crippen molar-refractivity contribution in [3.8, 4) is 22.8 Å². The zero-order valence-corrected chi connectivity index (χ0v) is 19.4. The van der Waals surface area contributed by atoms with Gasteiger partial charge in [-0.3, -0.25) is 4.98 Å². The second-order valence-electron chi connectivity index (χ2n) is 10.4. The monoisotopic (exact) mass is 472 g/mol. The molecule has 3 aliphatic rings. The zero-order valence-electron chi connectivity index (χ0n) is 19.4. The Morgan fingerprint density at radius 3 is 2.57 bits per heavy atom. The van der Waals surface area contributed by atoms with Gasteiger partial charge in [0.1, 0.15) is 22.6 Å². The highest BCUT2D eigenvalue weighted by Crippen LogP contribution is 2.56.